The molecule has 9 nitrogen and oxygen atoms in total. The Bertz CT molecular complexity index is 357. The molecule has 23 heavy (non-hydrogen) atoms. The van der Waals surface area contributed by atoms with Gasteiger partial charge in [-0.3, -0.25) is 4.52 Å². The molecule has 0 spiro atoms. The first-order valence-corrected chi connectivity index (χ1v) is 8.62. The van der Waals surface area contributed by atoms with Crippen LogP contribution < -0.4 is 0 Å². The molecular formula is C13H27O9P. The van der Waals surface area contributed by atoms with Crippen molar-refractivity contribution in [2.75, 3.05) is 6.61 Å². The van der Waals surface area contributed by atoms with E-state index in [1.54, 1.807) is 0 Å². The number of hydrogen-bond donors (Lipinski definition) is 6. The van der Waals surface area contributed by atoms with Gasteiger partial charge < -0.3 is 35.0 Å². The van der Waals surface area contributed by atoms with E-state index in [9.17, 15) is 9.36 Å². The summed E-state index contributed by atoms with van der Waals surface area (Å²) in [5.41, 5.74) is 0. The average Bonchev–Trinajstić information content (AvgIpc) is 2.50. The zero-order valence-corrected chi connectivity index (χ0v) is 14.0. The van der Waals surface area contributed by atoms with Gasteiger partial charge in [-0.25, -0.2) is 4.57 Å². The molecule has 0 aromatic rings. The van der Waals surface area contributed by atoms with Crippen LogP contribution in [-0.2, 0) is 13.9 Å². The number of rotatable bonds is 11. The number of aliphatic hydroxyl groups is 4. The lowest BCUT2D eigenvalue weighted by Gasteiger charge is -2.23. The summed E-state index contributed by atoms with van der Waals surface area (Å²) >= 11 is 0. The maximum Gasteiger partial charge on any atom is 0.469 e. The van der Waals surface area contributed by atoms with Crippen molar-refractivity contribution >= 4 is 14.1 Å². The smallest absolute Gasteiger partial charge is 0.388 e. The number of carbonyl (C=O) groups excluding carboxylic acids is 1. The third kappa shape index (κ3) is 14.7. The van der Waals surface area contributed by atoms with E-state index in [-0.39, 0.29) is 6.29 Å². The zero-order valence-electron chi connectivity index (χ0n) is 13.1. The Hall–Kier alpha value is -0.640. The Morgan fingerprint density at radius 1 is 1.13 bits per heavy atom. The minimum Gasteiger partial charge on any atom is -0.388 e. The highest BCUT2D eigenvalue weighted by Gasteiger charge is 2.31. The highest BCUT2D eigenvalue weighted by atomic mass is 31.2. The van der Waals surface area contributed by atoms with Crippen LogP contribution in [-0.4, -0.2) is 67.5 Å². The van der Waals surface area contributed by atoms with Crippen LogP contribution in [0.5, 0.6) is 0 Å². The molecule has 0 aliphatic heterocycles. The van der Waals surface area contributed by atoms with Gasteiger partial charge in [0.25, 0.3) is 0 Å². The molecule has 0 aromatic carbocycles. The Labute approximate surface area is 135 Å². The first-order chi connectivity index (χ1) is 10.6. The molecule has 6 N–H and O–H groups in total. The summed E-state index contributed by atoms with van der Waals surface area (Å²) in [6.07, 6.45) is -0.648. The largest absolute Gasteiger partial charge is 0.469 e. The molecule has 0 amide bonds. The second-order valence-corrected chi connectivity index (χ2v) is 5.99. The van der Waals surface area contributed by atoms with Crippen LogP contribution in [0.25, 0.3) is 0 Å². The normalized spacial score (nSPS) is 16.5. The van der Waals surface area contributed by atoms with Gasteiger partial charge in [0, 0.05) is 0 Å². The van der Waals surface area contributed by atoms with Crippen LogP contribution in [0.1, 0.15) is 32.6 Å². The van der Waals surface area contributed by atoms with Crippen molar-refractivity contribution in [1.82, 2.24) is 0 Å². The van der Waals surface area contributed by atoms with Crippen molar-refractivity contribution in [2.24, 2.45) is 0 Å². The summed E-state index contributed by atoms with van der Waals surface area (Å²) in [5, 5.41) is 36.1. The SMILES string of the molecule is C=CCCCCC.O=C[C@H](O)[C@@H](O)[C@H](O)[C@H](O)COP(=O)(O)O. The van der Waals surface area contributed by atoms with Crippen LogP contribution in [0.15, 0.2) is 12.7 Å². The highest BCUT2D eigenvalue weighted by molar-refractivity contribution is 7.46. The van der Waals surface area contributed by atoms with Crippen molar-refractivity contribution in [1.29, 1.82) is 0 Å². The highest BCUT2D eigenvalue weighted by Crippen LogP contribution is 2.35. The summed E-state index contributed by atoms with van der Waals surface area (Å²) in [5.74, 6) is 0. The van der Waals surface area contributed by atoms with Gasteiger partial charge in [-0.2, -0.15) is 0 Å². The molecule has 0 radical (unpaired) electrons. The van der Waals surface area contributed by atoms with E-state index in [1.807, 2.05) is 6.08 Å². The molecule has 10 heteroatoms. The van der Waals surface area contributed by atoms with E-state index in [0.29, 0.717) is 0 Å². The van der Waals surface area contributed by atoms with Crippen molar-refractivity contribution in [3.63, 3.8) is 0 Å². The quantitative estimate of drug-likeness (QED) is 0.123. The second kappa shape index (κ2) is 13.8. The molecule has 0 fully saturated rings. The lowest BCUT2D eigenvalue weighted by Crippen LogP contribution is -2.46. The first kappa shape index (κ1) is 24.6. The summed E-state index contributed by atoms with van der Waals surface area (Å²) in [6.45, 7) is 4.88. The van der Waals surface area contributed by atoms with Gasteiger partial charge in [-0.15, -0.1) is 6.58 Å². The number of allylic oxidation sites excluding steroid dienone is 1. The van der Waals surface area contributed by atoms with E-state index in [1.165, 1.54) is 25.7 Å². The number of aldehydes is 1. The number of aliphatic hydroxyl groups excluding tert-OH is 4. The molecule has 138 valence electrons. The lowest BCUT2D eigenvalue weighted by atomic mass is 10.0. The fraction of sp³-hybridized carbons (Fsp3) is 0.769. The van der Waals surface area contributed by atoms with E-state index < -0.39 is 38.8 Å². The van der Waals surface area contributed by atoms with E-state index in [2.05, 4.69) is 18.0 Å². The third-order valence-corrected chi connectivity index (χ3v) is 3.14. The minimum absolute atomic E-state index is 0.0650. The molecule has 0 aliphatic rings. The van der Waals surface area contributed by atoms with Crippen LogP contribution in [0.4, 0.5) is 0 Å². The van der Waals surface area contributed by atoms with Gasteiger partial charge in [0.1, 0.15) is 24.4 Å². The first-order valence-electron chi connectivity index (χ1n) is 7.09. The summed E-state index contributed by atoms with van der Waals surface area (Å²) in [7, 11) is -4.80. The molecule has 0 rings (SSSR count). The number of hydrogen-bond acceptors (Lipinski definition) is 7. The van der Waals surface area contributed by atoms with Gasteiger partial charge in [0.2, 0.25) is 0 Å². The van der Waals surface area contributed by atoms with Crippen molar-refractivity contribution in [2.45, 2.75) is 57.0 Å². The van der Waals surface area contributed by atoms with Gasteiger partial charge in [-0.1, -0.05) is 25.8 Å². The predicted octanol–water partition coefficient (Wildman–Crippen LogP) is -0.509. The Morgan fingerprint density at radius 3 is 2.09 bits per heavy atom. The Morgan fingerprint density at radius 2 is 1.70 bits per heavy atom. The Balaban J connectivity index is 0. The van der Waals surface area contributed by atoms with Gasteiger partial charge in [0.05, 0.1) is 6.61 Å². The average molecular weight is 358 g/mol. The van der Waals surface area contributed by atoms with Crippen molar-refractivity contribution in [3.8, 4) is 0 Å². The molecule has 0 heterocycles. The van der Waals surface area contributed by atoms with Crippen LogP contribution in [0.3, 0.4) is 0 Å². The topological polar surface area (TPSA) is 165 Å². The van der Waals surface area contributed by atoms with Crippen LogP contribution in [0.2, 0.25) is 0 Å². The van der Waals surface area contributed by atoms with Crippen molar-refractivity contribution in [3.05, 3.63) is 12.7 Å². The fourth-order valence-electron chi connectivity index (χ4n) is 1.32. The Kier molecular flexibility index (Phi) is 14.7. The number of phosphoric ester groups is 1. The summed E-state index contributed by atoms with van der Waals surface area (Å²) in [6, 6.07) is 0. The maximum absolute atomic E-state index is 10.2. The molecule has 0 aromatic heterocycles. The molecule has 0 saturated carbocycles. The van der Waals surface area contributed by atoms with E-state index in [0.717, 1.165) is 0 Å². The number of unbranched alkanes of at least 4 members (excludes halogenated alkanes) is 3. The molecule has 0 bridgehead atoms. The summed E-state index contributed by atoms with van der Waals surface area (Å²) < 4.78 is 14.1. The molecule has 0 saturated heterocycles. The van der Waals surface area contributed by atoms with Crippen molar-refractivity contribution < 1.29 is 44.1 Å². The monoisotopic (exact) mass is 358 g/mol. The zero-order chi connectivity index (χ0) is 18.5. The molecule has 4 atom stereocenters. The van der Waals surface area contributed by atoms with E-state index >= 15 is 0 Å². The standard InChI is InChI=1S/C7H14.C6H13O9P/c1-3-5-7-6-4-2;7-1-3(8)5(10)6(11)4(9)2-15-16(12,13)14/h3H,1,4-7H2,2H3;1,3-6,8-11H,2H2,(H2,12,13,14)/t;3-,4+,5+,6+/m.0/s1. The van der Waals surface area contributed by atoms with Crippen LogP contribution in [0, 0.1) is 0 Å². The van der Waals surface area contributed by atoms with E-state index in [4.69, 9.17) is 30.2 Å². The third-order valence-electron chi connectivity index (χ3n) is 2.66. The van der Waals surface area contributed by atoms with Crippen LogP contribution >= 0.6 is 7.82 Å². The van der Waals surface area contributed by atoms with Gasteiger partial charge in [0.15, 0.2) is 6.29 Å². The number of carbonyl (C=O) groups is 1. The van der Waals surface area contributed by atoms with Gasteiger partial charge >= 0.3 is 7.82 Å². The molecule has 0 unspecified atom stereocenters. The molecular weight excluding hydrogens is 331 g/mol. The fourth-order valence-corrected chi connectivity index (χ4v) is 1.67. The maximum atomic E-state index is 10.2. The lowest BCUT2D eigenvalue weighted by molar-refractivity contribution is -0.136. The second-order valence-electron chi connectivity index (χ2n) is 4.75. The summed E-state index contributed by atoms with van der Waals surface area (Å²) in [4.78, 5) is 26.6. The molecule has 0 aliphatic carbocycles. The minimum atomic E-state index is -4.80. The van der Waals surface area contributed by atoms with Gasteiger partial charge in [-0.05, 0) is 12.8 Å². The predicted molar refractivity (Wildman–Crippen MR) is 82.4 cm³/mol. The number of phosphoric acid groups is 1.